The summed E-state index contributed by atoms with van der Waals surface area (Å²) < 4.78 is 0. The Morgan fingerprint density at radius 1 is 1.08 bits per heavy atom. The normalized spacial score (nSPS) is 19.9. The van der Waals surface area contributed by atoms with Crippen molar-refractivity contribution in [3.05, 3.63) is 35.9 Å². The van der Waals surface area contributed by atoms with E-state index in [4.69, 9.17) is 5.73 Å². The van der Waals surface area contributed by atoms with Crippen molar-refractivity contribution in [2.24, 2.45) is 16.6 Å². The summed E-state index contributed by atoms with van der Waals surface area (Å²) in [7, 11) is 0. The van der Waals surface area contributed by atoms with Crippen LogP contribution < -0.4 is 11.1 Å². The van der Waals surface area contributed by atoms with Crippen molar-refractivity contribution in [3.8, 4) is 0 Å². The van der Waals surface area contributed by atoms with Crippen molar-refractivity contribution >= 4 is 29.9 Å². The Balaban J connectivity index is 0.00000225. The summed E-state index contributed by atoms with van der Waals surface area (Å²) in [5.74, 6) is 1.40. The Bertz CT molecular complexity index is 510. The number of hydrogen-bond donors (Lipinski definition) is 2. The minimum Gasteiger partial charge on any atom is -0.370 e. The lowest BCUT2D eigenvalue weighted by molar-refractivity contribution is 0.129. The molecule has 0 bridgehead atoms. The summed E-state index contributed by atoms with van der Waals surface area (Å²) in [4.78, 5) is 9.49. The van der Waals surface area contributed by atoms with Crippen molar-refractivity contribution in [2.75, 3.05) is 45.8 Å². The molecule has 3 rings (SSSR count). The predicted octanol–water partition coefficient (Wildman–Crippen LogP) is 2.13. The summed E-state index contributed by atoms with van der Waals surface area (Å²) in [6.45, 7) is 8.43. The van der Waals surface area contributed by atoms with E-state index in [1.807, 2.05) is 0 Å². The standard InChI is InChI=1S/C19H31N5.HI/c20-19(22-15-17-7-4-8-17)21-9-10-23-11-13-24(14-12-23)16-18-5-2-1-3-6-18;/h1-3,5-6,17H,4,7-16H2,(H3,20,21,22);1H. The minimum absolute atomic E-state index is 0. The maximum absolute atomic E-state index is 5.94. The van der Waals surface area contributed by atoms with Crippen LogP contribution in [0.5, 0.6) is 0 Å². The third-order valence-electron chi connectivity index (χ3n) is 5.19. The first kappa shape index (κ1) is 20.5. The summed E-state index contributed by atoms with van der Waals surface area (Å²) in [5, 5.41) is 3.26. The highest BCUT2D eigenvalue weighted by Crippen LogP contribution is 2.26. The molecule has 1 heterocycles. The zero-order valence-corrected chi connectivity index (χ0v) is 17.4. The van der Waals surface area contributed by atoms with Gasteiger partial charge in [0, 0.05) is 52.4 Å². The van der Waals surface area contributed by atoms with Crippen LogP contribution in [0.1, 0.15) is 24.8 Å². The first-order valence-corrected chi connectivity index (χ1v) is 9.32. The molecule has 1 aromatic carbocycles. The van der Waals surface area contributed by atoms with Crippen LogP contribution in [0, 0.1) is 5.92 Å². The van der Waals surface area contributed by atoms with Crippen LogP contribution in [0.4, 0.5) is 0 Å². The second-order valence-electron chi connectivity index (χ2n) is 7.05. The van der Waals surface area contributed by atoms with Gasteiger partial charge in [-0.05, 0) is 24.3 Å². The number of halogens is 1. The number of nitrogens with one attached hydrogen (secondary N) is 1. The van der Waals surface area contributed by atoms with Gasteiger partial charge in [-0.1, -0.05) is 36.8 Å². The van der Waals surface area contributed by atoms with Gasteiger partial charge >= 0.3 is 0 Å². The van der Waals surface area contributed by atoms with Gasteiger partial charge < -0.3 is 11.1 Å². The summed E-state index contributed by atoms with van der Waals surface area (Å²) in [5.41, 5.74) is 7.34. The summed E-state index contributed by atoms with van der Waals surface area (Å²) in [6, 6.07) is 10.7. The molecule has 1 aromatic rings. The number of rotatable bonds is 7. The number of hydrogen-bond acceptors (Lipinski definition) is 3. The third-order valence-corrected chi connectivity index (χ3v) is 5.19. The molecule has 1 saturated heterocycles. The lowest BCUT2D eigenvalue weighted by atomic mass is 9.86. The number of benzene rings is 1. The lowest BCUT2D eigenvalue weighted by Crippen LogP contribution is -2.48. The van der Waals surface area contributed by atoms with E-state index in [9.17, 15) is 0 Å². The molecule has 0 aromatic heterocycles. The molecule has 0 spiro atoms. The molecule has 140 valence electrons. The Kier molecular flexibility index (Phi) is 8.98. The molecule has 0 amide bonds. The van der Waals surface area contributed by atoms with E-state index in [1.54, 1.807) is 0 Å². The Labute approximate surface area is 169 Å². The van der Waals surface area contributed by atoms with Crippen LogP contribution in [0.2, 0.25) is 0 Å². The SMILES string of the molecule is I.NC(=NCC1CCC1)NCCN1CCN(Cc2ccccc2)CC1. The first-order chi connectivity index (χ1) is 11.8. The van der Waals surface area contributed by atoms with Crippen LogP contribution >= 0.6 is 24.0 Å². The molecule has 2 aliphatic rings. The van der Waals surface area contributed by atoms with Crippen LogP contribution in [-0.4, -0.2) is 61.6 Å². The molecule has 0 unspecified atom stereocenters. The number of piperazine rings is 1. The molecule has 0 atom stereocenters. The first-order valence-electron chi connectivity index (χ1n) is 9.32. The van der Waals surface area contributed by atoms with E-state index >= 15 is 0 Å². The van der Waals surface area contributed by atoms with Crippen molar-refractivity contribution in [1.29, 1.82) is 0 Å². The molecular formula is C19H32IN5. The smallest absolute Gasteiger partial charge is 0.188 e. The van der Waals surface area contributed by atoms with Crippen molar-refractivity contribution in [1.82, 2.24) is 15.1 Å². The highest BCUT2D eigenvalue weighted by atomic mass is 127. The molecule has 1 saturated carbocycles. The van der Waals surface area contributed by atoms with Gasteiger partial charge in [-0.25, -0.2) is 0 Å². The topological polar surface area (TPSA) is 56.9 Å². The highest BCUT2D eigenvalue weighted by Gasteiger charge is 2.17. The van der Waals surface area contributed by atoms with E-state index in [0.717, 1.165) is 58.3 Å². The summed E-state index contributed by atoms with van der Waals surface area (Å²) in [6.07, 6.45) is 4.01. The average molecular weight is 457 g/mol. The van der Waals surface area contributed by atoms with Gasteiger partial charge in [0.2, 0.25) is 0 Å². The number of nitrogens with zero attached hydrogens (tertiary/aromatic N) is 3. The minimum atomic E-state index is 0. The predicted molar refractivity (Wildman–Crippen MR) is 115 cm³/mol. The largest absolute Gasteiger partial charge is 0.370 e. The van der Waals surface area contributed by atoms with Gasteiger partial charge in [0.15, 0.2) is 5.96 Å². The maximum atomic E-state index is 5.94. The Morgan fingerprint density at radius 2 is 1.76 bits per heavy atom. The Morgan fingerprint density at radius 3 is 2.40 bits per heavy atom. The molecule has 25 heavy (non-hydrogen) atoms. The molecule has 2 fully saturated rings. The third kappa shape index (κ3) is 7.11. The second kappa shape index (κ2) is 11.0. The number of guanidine groups is 1. The van der Waals surface area contributed by atoms with Gasteiger partial charge in [-0.2, -0.15) is 0 Å². The molecule has 1 aliphatic heterocycles. The van der Waals surface area contributed by atoms with Crippen molar-refractivity contribution < 1.29 is 0 Å². The number of nitrogens with two attached hydrogens (primary N) is 1. The van der Waals surface area contributed by atoms with E-state index in [-0.39, 0.29) is 24.0 Å². The molecule has 5 nitrogen and oxygen atoms in total. The van der Waals surface area contributed by atoms with E-state index in [1.165, 1.54) is 24.8 Å². The molecule has 0 radical (unpaired) electrons. The zero-order valence-electron chi connectivity index (χ0n) is 15.1. The van der Waals surface area contributed by atoms with Crippen LogP contribution in [-0.2, 0) is 6.54 Å². The van der Waals surface area contributed by atoms with Gasteiger partial charge in [-0.15, -0.1) is 24.0 Å². The molecular weight excluding hydrogens is 425 g/mol. The summed E-state index contributed by atoms with van der Waals surface area (Å²) >= 11 is 0. The van der Waals surface area contributed by atoms with Gasteiger partial charge in [0.1, 0.15) is 0 Å². The van der Waals surface area contributed by atoms with Crippen LogP contribution in [0.3, 0.4) is 0 Å². The molecule has 1 aliphatic carbocycles. The quantitative estimate of drug-likeness (QED) is 0.374. The fourth-order valence-electron chi connectivity index (χ4n) is 3.31. The lowest BCUT2D eigenvalue weighted by Gasteiger charge is -2.34. The Hall–Kier alpha value is -0.860. The zero-order chi connectivity index (χ0) is 16.6. The van der Waals surface area contributed by atoms with Crippen LogP contribution in [0.25, 0.3) is 0 Å². The van der Waals surface area contributed by atoms with Crippen molar-refractivity contribution in [2.45, 2.75) is 25.8 Å². The fraction of sp³-hybridized carbons (Fsp3) is 0.632. The van der Waals surface area contributed by atoms with Gasteiger partial charge in [0.05, 0.1) is 0 Å². The van der Waals surface area contributed by atoms with Crippen LogP contribution in [0.15, 0.2) is 35.3 Å². The molecule has 6 heteroatoms. The van der Waals surface area contributed by atoms with Gasteiger partial charge in [-0.3, -0.25) is 14.8 Å². The van der Waals surface area contributed by atoms with E-state index in [2.05, 4.69) is 50.4 Å². The molecule has 3 N–H and O–H groups in total. The van der Waals surface area contributed by atoms with E-state index in [0.29, 0.717) is 5.96 Å². The highest BCUT2D eigenvalue weighted by molar-refractivity contribution is 14.0. The monoisotopic (exact) mass is 457 g/mol. The van der Waals surface area contributed by atoms with Crippen molar-refractivity contribution in [3.63, 3.8) is 0 Å². The van der Waals surface area contributed by atoms with Gasteiger partial charge in [0.25, 0.3) is 0 Å². The van der Waals surface area contributed by atoms with E-state index < -0.39 is 0 Å². The maximum Gasteiger partial charge on any atom is 0.188 e. The number of aliphatic imine (C=N–C) groups is 1. The second-order valence-corrected chi connectivity index (χ2v) is 7.05. The average Bonchev–Trinajstić information content (AvgIpc) is 2.56. The fourth-order valence-corrected chi connectivity index (χ4v) is 3.31.